The van der Waals surface area contributed by atoms with Gasteiger partial charge < -0.3 is 9.15 Å². The topological polar surface area (TPSA) is 82.6 Å². The molecule has 0 aliphatic carbocycles. The molecule has 1 atom stereocenters. The standard InChI is InChI=1S/C14H13NO5/c1-9(11-4-3-5-12(8-11)15(17)18)20-14(16)13-6-7-19-10(13)2/h3-9H,1-2H3/t9-/m0/s1. The van der Waals surface area contributed by atoms with E-state index in [0.29, 0.717) is 16.9 Å². The van der Waals surface area contributed by atoms with Crippen molar-refractivity contribution in [1.29, 1.82) is 0 Å². The molecule has 0 bridgehead atoms. The Balaban J connectivity index is 2.14. The van der Waals surface area contributed by atoms with E-state index >= 15 is 0 Å². The fourth-order valence-electron chi connectivity index (χ4n) is 1.78. The molecule has 1 heterocycles. The van der Waals surface area contributed by atoms with E-state index in [0.717, 1.165) is 0 Å². The first-order chi connectivity index (χ1) is 9.49. The minimum atomic E-state index is -0.586. The van der Waals surface area contributed by atoms with Gasteiger partial charge in [-0.15, -0.1) is 0 Å². The van der Waals surface area contributed by atoms with Crippen molar-refractivity contribution >= 4 is 11.7 Å². The first kappa shape index (κ1) is 13.8. The van der Waals surface area contributed by atoms with Crippen LogP contribution >= 0.6 is 0 Å². The van der Waals surface area contributed by atoms with Crippen LogP contribution in [-0.2, 0) is 4.74 Å². The number of hydrogen-bond acceptors (Lipinski definition) is 5. The number of nitrogens with zero attached hydrogens (tertiary/aromatic N) is 1. The average Bonchev–Trinajstić information content (AvgIpc) is 2.85. The Labute approximate surface area is 115 Å². The van der Waals surface area contributed by atoms with Crippen LogP contribution in [0.15, 0.2) is 41.0 Å². The molecule has 0 N–H and O–H groups in total. The highest BCUT2D eigenvalue weighted by atomic mass is 16.6. The van der Waals surface area contributed by atoms with Crippen LogP contribution in [0.1, 0.15) is 34.7 Å². The molecule has 6 heteroatoms. The lowest BCUT2D eigenvalue weighted by molar-refractivity contribution is -0.385. The molecular formula is C14H13NO5. The van der Waals surface area contributed by atoms with E-state index in [1.165, 1.54) is 24.5 Å². The zero-order valence-electron chi connectivity index (χ0n) is 11.0. The highest BCUT2D eigenvalue weighted by molar-refractivity contribution is 5.90. The number of carbonyl (C=O) groups excluding carboxylic acids is 1. The largest absolute Gasteiger partial charge is 0.469 e. The number of carbonyl (C=O) groups is 1. The number of nitro groups is 1. The third-order valence-corrected chi connectivity index (χ3v) is 2.91. The van der Waals surface area contributed by atoms with Crippen molar-refractivity contribution in [3.05, 3.63) is 63.6 Å². The van der Waals surface area contributed by atoms with Crippen molar-refractivity contribution in [2.24, 2.45) is 0 Å². The van der Waals surface area contributed by atoms with Gasteiger partial charge in [-0.05, 0) is 25.5 Å². The van der Waals surface area contributed by atoms with E-state index in [2.05, 4.69) is 0 Å². The third-order valence-electron chi connectivity index (χ3n) is 2.91. The molecule has 0 amide bonds. The lowest BCUT2D eigenvalue weighted by atomic mass is 10.1. The van der Waals surface area contributed by atoms with Gasteiger partial charge in [0, 0.05) is 12.1 Å². The summed E-state index contributed by atoms with van der Waals surface area (Å²) in [7, 11) is 0. The fraction of sp³-hybridized carbons (Fsp3) is 0.214. The van der Waals surface area contributed by atoms with Gasteiger partial charge in [-0.3, -0.25) is 10.1 Å². The number of benzene rings is 1. The van der Waals surface area contributed by atoms with Crippen molar-refractivity contribution in [3.63, 3.8) is 0 Å². The lowest BCUT2D eigenvalue weighted by Crippen LogP contribution is -2.09. The second-order valence-corrected chi connectivity index (χ2v) is 4.29. The molecule has 0 aliphatic rings. The Morgan fingerprint density at radius 2 is 2.15 bits per heavy atom. The van der Waals surface area contributed by atoms with Crippen molar-refractivity contribution in [3.8, 4) is 0 Å². The summed E-state index contributed by atoms with van der Waals surface area (Å²) in [6.45, 7) is 3.32. The first-order valence-electron chi connectivity index (χ1n) is 5.98. The highest BCUT2D eigenvalue weighted by Crippen LogP contribution is 2.23. The van der Waals surface area contributed by atoms with Crippen LogP contribution in [0.4, 0.5) is 5.69 Å². The van der Waals surface area contributed by atoms with Crippen LogP contribution in [0.25, 0.3) is 0 Å². The molecule has 0 unspecified atom stereocenters. The van der Waals surface area contributed by atoms with Crippen molar-refractivity contribution < 1.29 is 18.9 Å². The zero-order chi connectivity index (χ0) is 14.7. The van der Waals surface area contributed by atoms with Gasteiger partial charge in [-0.25, -0.2) is 4.79 Å². The second-order valence-electron chi connectivity index (χ2n) is 4.29. The molecule has 0 saturated heterocycles. The Bertz CT molecular complexity index is 647. The minimum Gasteiger partial charge on any atom is -0.469 e. The maximum Gasteiger partial charge on any atom is 0.342 e. The van der Waals surface area contributed by atoms with E-state index in [1.807, 2.05) is 0 Å². The minimum absolute atomic E-state index is 0.0371. The van der Waals surface area contributed by atoms with E-state index < -0.39 is 17.0 Å². The van der Waals surface area contributed by atoms with E-state index in [-0.39, 0.29) is 5.69 Å². The van der Waals surface area contributed by atoms with E-state index in [4.69, 9.17) is 9.15 Å². The zero-order valence-corrected chi connectivity index (χ0v) is 11.0. The first-order valence-corrected chi connectivity index (χ1v) is 5.98. The third kappa shape index (κ3) is 2.85. The number of ether oxygens (including phenoxy) is 1. The maximum absolute atomic E-state index is 11.9. The lowest BCUT2D eigenvalue weighted by Gasteiger charge is -2.13. The molecule has 0 radical (unpaired) electrons. The SMILES string of the molecule is Cc1occc1C(=O)O[C@@H](C)c1cccc([N+](=O)[O-])c1. The normalized spacial score (nSPS) is 11.9. The number of furan rings is 1. The average molecular weight is 275 g/mol. The predicted octanol–water partition coefficient (Wildman–Crippen LogP) is 3.41. The van der Waals surface area contributed by atoms with Crippen LogP contribution < -0.4 is 0 Å². The molecule has 0 saturated carbocycles. The van der Waals surface area contributed by atoms with Crippen LogP contribution in [0.3, 0.4) is 0 Å². The van der Waals surface area contributed by atoms with Gasteiger partial charge in [0.15, 0.2) is 0 Å². The smallest absolute Gasteiger partial charge is 0.342 e. The van der Waals surface area contributed by atoms with Gasteiger partial charge in [0.1, 0.15) is 17.4 Å². The Morgan fingerprint density at radius 3 is 2.75 bits per heavy atom. The fourth-order valence-corrected chi connectivity index (χ4v) is 1.78. The molecule has 0 spiro atoms. The summed E-state index contributed by atoms with van der Waals surface area (Å²) in [5, 5.41) is 10.7. The number of rotatable bonds is 4. The van der Waals surface area contributed by atoms with Gasteiger partial charge >= 0.3 is 5.97 Å². The molecule has 2 aromatic rings. The van der Waals surface area contributed by atoms with Gasteiger partial charge in [0.25, 0.3) is 5.69 Å². The molecule has 104 valence electrons. The Kier molecular flexibility index (Phi) is 3.84. The summed E-state index contributed by atoms with van der Waals surface area (Å²) in [6, 6.07) is 7.53. The summed E-state index contributed by atoms with van der Waals surface area (Å²) >= 11 is 0. The van der Waals surface area contributed by atoms with E-state index in [1.54, 1.807) is 26.0 Å². The molecular weight excluding hydrogens is 262 g/mol. The van der Waals surface area contributed by atoms with Gasteiger partial charge in [-0.1, -0.05) is 12.1 Å². The quantitative estimate of drug-likeness (QED) is 0.485. The summed E-state index contributed by atoms with van der Waals surface area (Å²) in [5.74, 6) is -0.0449. The summed E-state index contributed by atoms with van der Waals surface area (Å²) in [4.78, 5) is 22.1. The second kappa shape index (κ2) is 5.56. The van der Waals surface area contributed by atoms with Gasteiger partial charge in [-0.2, -0.15) is 0 Å². The molecule has 1 aromatic heterocycles. The molecule has 20 heavy (non-hydrogen) atoms. The monoisotopic (exact) mass is 275 g/mol. The Morgan fingerprint density at radius 1 is 1.40 bits per heavy atom. The molecule has 0 aliphatic heterocycles. The van der Waals surface area contributed by atoms with Crippen molar-refractivity contribution in [2.75, 3.05) is 0 Å². The number of aryl methyl sites for hydroxylation is 1. The van der Waals surface area contributed by atoms with Crippen molar-refractivity contribution in [1.82, 2.24) is 0 Å². The van der Waals surface area contributed by atoms with Crippen LogP contribution in [-0.4, -0.2) is 10.9 Å². The van der Waals surface area contributed by atoms with Crippen molar-refractivity contribution in [2.45, 2.75) is 20.0 Å². The Hall–Kier alpha value is -2.63. The summed E-state index contributed by atoms with van der Waals surface area (Å²) in [6.07, 6.45) is 0.820. The van der Waals surface area contributed by atoms with Crippen LogP contribution in [0.2, 0.25) is 0 Å². The molecule has 2 rings (SSSR count). The number of nitro benzene ring substituents is 1. The van der Waals surface area contributed by atoms with Gasteiger partial charge in [0.2, 0.25) is 0 Å². The molecule has 1 aromatic carbocycles. The maximum atomic E-state index is 11.9. The van der Waals surface area contributed by atoms with E-state index in [9.17, 15) is 14.9 Å². The summed E-state index contributed by atoms with van der Waals surface area (Å²) in [5.41, 5.74) is 0.876. The molecule has 6 nitrogen and oxygen atoms in total. The summed E-state index contributed by atoms with van der Waals surface area (Å²) < 4.78 is 10.3. The number of esters is 1. The van der Waals surface area contributed by atoms with Crippen LogP contribution in [0, 0.1) is 17.0 Å². The highest BCUT2D eigenvalue weighted by Gasteiger charge is 2.18. The predicted molar refractivity (Wildman–Crippen MR) is 70.4 cm³/mol. The van der Waals surface area contributed by atoms with Crippen LogP contribution in [0.5, 0.6) is 0 Å². The number of hydrogen-bond donors (Lipinski definition) is 0. The number of non-ortho nitro benzene ring substituents is 1. The molecule has 0 fully saturated rings. The van der Waals surface area contributed by atoms with Gasteiger partial charge in [0.05, 0.1) is 11.2 Å².